The molecule has 0 aliphatic heterocycles. The summed E-state index contributed by atoms with van der Waals surface area (Å²) in [5.41, 5.74) is 7.69. The second-order valence-electron chi connectivity index (χ2n) is 4.68. The van der Waals surface area contributed by atoms with Gasteiger partial charge in [-0.15, -0.1) is 0 Å². The molecule has 1 aromatic rings. The lowest BCUT2D eigenvalue weighted by molar-refractivity contribution is 0.519. The summed E-state index contributed by atoms with van der Waals surface area (Å²) < 4.78 is 0. The van der Waals surface area contributed by atoms with Gasteiger partial charge in [-0.2, -0.15) is 0 Å². The highest BCUT2D eigenvalue weighted by atomic mass is 15.1. The largest absolute Gasteiger partial charge is 0.350 e. The SMILES string of the molecule is Cc1cc(C)nc(NC(CN)CC(C)C)n1. The molecule has 0 saturated carbocycles. The van der Waals surface area contributed by atoms with Crippen LogP contribution in [0.1, 0.15) is 31.7 Å². The monoisotopic (exact) mass is 222 g/mol. The molecule has 1 unspecified atom stereocenters. The molecule has 90 valence electrons. The maximum Gasteiger partial charge on any atom is 0.223 e. The maximum absolute atomic E-state index is 5.73. The fourth-order valence-corrected chi connectivity index (χ4v) is 1.76. The molecule has 1 aromatic heterocycles. The molecule has 1 atom stereocenters. The summed E-state index contributed by atoms with van der Waals surface area (Å²) in [5, 5.41) is 3.29. The van der Waals surface area contributed by atoms with Gasteiger partial charge >= 0.3 is 0 Å². The molecule has 1 heterocycles. The maximum atomic E-state index is 5.73. The van der Waals surface area contributed by atoms with E-state index in [4.69, 9.17) is 5.73 Å². The summed E-state index contributed by atoms with van der Waals surface area (Å²) >= 11 is 0. The zero-order valence-corrected chi connectivity index (χ0v) is 10.6. The molecule has 0 aliphatic carbocycles. The number of nitrogens with one attached hydrogen (secondary N) is 1. The average molecular weight is 222 g/mol. The minimum atomic E-state index is 0.251. The van der Waals surface area contributed by atoms with Crippen LogP contribution in [0.4, 0.5) is 5.95 Å². The molecule has 0 fully saturated rings. The van der Waals surface area contributed by atoms with Crippen LogP contribution in [0.3, 0.4) is 0 Å². The van der Waals surface area contributed by atoms with Gasteiger partial charge in [0.1, 0.15) is 0 Å². The van der Waals surface area contributed by atoms with Crippen molar-refractivity contribution < 1.29 is 0 Å². The van der Waals surface area contributed by atoms with Crippen molar-refractivity contribution in [1.29, 1.82) is 0 Å². The average Bonchev–Trinajstić information content (AvgIpc) is 2.14. The zero-order chi connectivity index (χ0) is 12.1. The lowest BCUT2D eigenvalue weighted by atomic mass is 10.0. The van der Waals surface area contributed by atoms with Crippen LogP contribution in [0.5, 0.6) is 0 Å². The van der Waals surface area contributed by atoms with Crippen LogP contribution in [0, 0.1) is 19.8 Å². The molecule has 0 saturated heterocycles. The van der Waals surface area contributed by atoms with Crippen molar-refractivity contribution in [1.82, 2.24) is 9.97 Å². The summed E-state index contributed by atoms with van der Waals surface area (Å²) in [4.78, 5) is 8.70. The third-order valence-corrected chi connectivity index (χ3v) is 2.36. The number of hydrogen-bond donors (Lipinski definition) is 2. The standard InChI is InChI=1S/C12H22N4/c1-8(2)5-11(7-13)16-12-14-9(3)6-10(4)15-12/h6,8,11H,5,7,13H2,1-4H3,(H,14,15,16). The van der Waals surface area contributed by atoms with Gasteiger partial charge in [-0.3, -0.25) is 0 Å². The number of aryl methyl sites for hydroxylation is 2. The molecule has 0 bridgehead atoms. The third kappa shape index (κ3) is 4.14. The molecule has 16 heavy (non-hydrogen) atoms. The molecule has 3 N–H and O–H groups in total. The topological polar surface area (TPSA) is 63.8 Å². The van der Waals surface area contributed by atoms with E-state index in [-0.39, 0.29) is 6.04 Å². The second kappa shape index (κ2) is 5.80. The smallest absolute Gasteiger partial charge is 0.223 e. The Morgan fingerprint density at radius 1 is 1.25 bits per heavy atom. The summed E-state index contributed by atoms with van der Waals surface area (Å²) in [5.74, 6) is 1.31. The highest BCUT2D eigenvalue weighted by molar-refractivity contribution is 5.29. The Labute approximate surface area is 97.7 Å². The van der Waals surface area contributed by atoms with Gasteiger partial charge in [-0.05, 0) is 32.3 Å². The highest BCUT2D eigenvalue weighted by Gasteiger charge is 2.10. The van der Waals surface area contributed by atoms with Gasteiger partial charge < -0.3 is 11.1 Å². The molecule has 0 aromatic carbocycles. The minimum Gasteiger partial charge on any atom is -0.350 e. The fourth-order valence-electron chi connectivity index (χ4n) is 1.76. The van der Waals surface area contributed by atoms with Gasteiger partial charge in [-0.25, -0.2) is 9.97 Å². The fraction of sp³-hybridized carbons (Fsp3) is 0.667. The van der Waals surface area contributed by atoms with Crippen molar-refractivity contribution in [3.05, 3.63) is 17.5 Å². The van der Waals surface area contributed by atoms with Crippen molar-refractivity contribution in [2.24, 2.45) is 11.7 Å². The van der Waals surface area contributed by atoms with Gasteiger partial charge in [0.25, 0.3) is 0 Å². The Morgan fingerprint density at radius 3 is 2.25 bits per heavy atom. The van der Waals surface area contributed by atoms with Gasteiger partial charge in [0.05, 0.1) is 0 Å². The first-order chi connectivity index (χ1) is 7.51. The predicted octanol–water partition coefficient (Wildman–Crippen LogP) is 1.88. The van der Waals surface area contributed by atoms with Crippen LogP contribution < -0.4 is 11.1 Å². The van der Waals surface area contributed by atoms with E-state index in [1.54, 1.807) is 0 Å². The van der Waals surface area contributed by atoms with Crippen LogP contribution in [0.25, 0.3) is 0 Å². The van der Waals surface area contributed by atoms with E-state index >= 15 is 0 Å². The quantitative estimate of drug-likeness (QED) is 0.798. The molecule has 1 rings (SSSR count). The Kier molecular flexibility index (Phi) is 4.68. The van der Waals surface area contributed by atoms with E-state index < -0.39 is 0 Å². The van der Waals surface area contributed by atoms with E-state index in [1.807, 2.05) is 19.9 Å². The van der Waals surface area contributed by atoms with E-state index in [1.165, 1.54) is 0 Å². The van der Waals surface area contributed by atoms with Crippen LogP contribution in [0.15, 0.2) is 6.07 Å². The van der Waals surface area contributed by atoms with Crippen molar-refractivity contribution >= 4 is 5.95 Å². The van der Waals surface area contributed by atoms with E-state index in [0.29, 0.717) is 18.4 Å². The van der Waals surface area contributed by atoms with Crippen molar-refractivity contribution in [3.63, 3.8) is 0 Å². The number of rotatable bonds is 5. The van der Waals surface area contributed by atoms with Gasteiger partial charge in [0.2, 0.25) is 5.95 Å². The summed E-state index contributed by atoms with van der Waals surface area (Å²) in [6.07, 6.45) is 1.03. The number of anilines is 1. The lowest BCUT2D eigenvalue weighted by Crippen LogP contribution is -2.31. The first kappa shape index (κ1) is 12.9. The van der Waals surface area contributed by atoms with Crippen molar-refractivity contribution in [3.8, 4) is 0 Å². The van der Waals surface area contributed by atoms with Crippen molar-refractivity contribution in [2.75, 3.05) is 11.9 Å². The van der Waals surface area contributed by atoms with E-state index in [9.17, 15) is 0 Å². The number of nitrogens with two attached hydrogens (primary N) is 1. The summed E-state index contributed by atoms with van der Waals surface area (Å²) in [7, 11) is 0. The van der Waals surface area contributed by atoms with Crippen molar-refractivity contribution in [2.45, 2.75) is 40.2 Å². The summed E-state index contributed by atoms with van der Waals surface area (Å²) in [6.45, 7) is 8.92. The van der Waals surface area contributed by atoms with Crippen LogP contribution >= 0.6 is 0 Å². The molecule has 4 heteroatoms. The molecular formula is C12H22N4. The van der Waals surface area contributed by atoms with Crippen LogP contribution in [-0.4, -0.2) is 22.6 Å². The normalized spacial score (nSPS) is 12.9. The molecular weight excluding hydrogens is 200 g/mol. The molecule has 0 spiro atoms. The highest BCUT2D eigenvalue weighted by Crippen LogP contribution is 2.10. The Hall–Kier alpha value is -1.16. The zero-order valence-electron chi connectivity index (χ0n) is 10.6. The van der Waals surface area contributed by atoms with E-state index in [0.717, 1.165) is 17.8 Å². The number of nitrogens with zero attached hydrogens (tertiary/aromatic N) is 2. The molecule has 4 nitrogen and oxygen atoms in total. The minimum absolute atomic E-state index is 0.251. The Bertz CT molecular complexity index is 316. The molecule has 0 radical (unpaired) electrons. The predicted molar refractivity (Wildman–Crippen MR) is 67.4 cm³/mol. The number of aromatic nitrogens is 2. The molecule has 0 amide bonds. The summed E-state index contributed by atoms with van der Waals surface area (Å²) in [6, 6.07) is 2.21. The molecule has 0 aliphatic rings. The van der Waals surface area contributed by atoms with Crippen LogP contribution in [-0.2, 0) is 0 Å². The first-order valence-corrected chi connectivity index (χ1v) is 5.80. The second-order valence-corrected chi connectivity index (χ2v) is 4.68. The Balaban J connectivity index is 2.69. The van der Waals surface area contributed by atoms with Gasteiger partial charge in [0, 0.05) is 24.0 Å². The first-order valence-electron chi connectivity index (χ1n) is 5.80. The van der Waals surface area contributed by atoms with Gasteiger partial charge in [0.15, 0.2) is 0 Å². The van der Waals surface area contributed by atoms with Gasteiger partial charge in [-0.1, -0.05) is 13.8 Å². The third-order valence-electron chi connectivity index (χ3n) is 2.36. The lowest BCUT2D eigenvalue weighted by Gasteiger charge is -2.19. The Morgan fingerprint density at radius 2 is 1.81 bits per heavy atom. The van der Waals surface area contributed by atoms with E-state index in [2.05, 4.69) is 29.1 Å². The van der Waals surface area contributed by atoms with Crippen LogP contribution in [0.2, 0.25) is 0 Å². The number of hydrogen-bond acceptors (Lipinski definition) is 4.